The molecule has 0 saturated heterocycles. The summed E-state index contributed by atoms with van der Waals surface area (Å²) in [7, 11) is 0. The third-order valence-corrected chi connectivity index (χ3v) is 2.67. The van der Waals surface area contributed by atoms with E-state index in [4.69, 9.17) is 10.4 Å². The molecule has 1 heterocycles. The number of rotatable bonds is 7. The summed E-state index contributed by atoms with van der Waals surface area (Å²) in [5, 5.41) is 17.2. The lowest BCUT2D eigenvalue weighted by molar-refractivity contribution is -0.132. The Morgan fingerprint density at radius 3 is 2.90 bits per heavy atom. The van der Waals surface area contributed by atoms with Crippen LogP contribution in [-0.4, -0.2) is 15.6 Å². The van der Waals surface area contributed by atoms with Gasteiger partial charge in [-0.2, -0.15) is 5.26 Å². The maximum absolute atomic E-state index is 10.6. The quantitative estimate of drug-likeness (QED) is 0.469. The van der Waals surface area contributed by atoms with E-state index in [9.17, 15) is 4.79 Å². The number of nitriles is 1. The number of aliphatic carboxylic acids is 1. The van der Waals surface area contributed by atoms with Crippen LogP contribution >= 0.6 is 0 Å². The Morgan fingerprint density at radius 1 is 1.45 bits per heavy atom. The Labute approximate surface area is 119 Å². The molecule has 1 aromatic heterocycles. The fraction of sp³-hybridized carbons (Fsp3) is 0.250. The molecule has 0 radical (unpaired) electrons. The first kappa shape index (κ1) is 15.5. The monoisotopic (exact) mass is 270 g/mol. The summed E-state index contributed by atoms with van der Waals surface area (Å²) in [6.45, 7) is 3.18. The van der Waals surface area contributed by atoms with Crippen molar-refractivity contribution in [2.45, 2.75) is 26.3 Å². The maximum Gasteiger partial charge on any atom is 0.346 e. The number of carboxylic acid groups (broad SMARTS) is 1. The molecule has 0 aliphatic rings. The van der Waals surface area contributed by atoms with Crippen LogP contribution in [0.5, 0.6) is 0 Å². The number of carbonyl (C=O) groups is 1. The van der Waals surface area contributed by atoms with Gasteiger partial charge >= 0.3 is 5.97 Å². The van der Waals surface area contributed by atoms with Crippen LogP contribution in [0.2, 0.25) is 0 Å². The molecule has 0 unspecified atom stereocenters. The Balaban J connectivity index is 2.55. The van der Waals surface area contributed by atoms with Gasteiger partial charge in [-0.15, -0.1) is 0 Å². The van der Waals surface area contributed by atoms with E-state index in [0.717, 1.165) is 18.5 Å². The number of unbranched alkanes of at least 4 members (excludes halogenated alkanes) is 1. The van der Waals surface area contributed by atoms with Crippen molar-refractivity contribution in [3.8, 4) is 6.07 Å². The van der Waals surface area contributed by atoms with Crippen molar-refractivity contribution in [1.82, 2.24) is 4.57 Å². The van der Waals surface area contributed by atoms with E-state index in [1.54, 1.807) is 12.1 Å². The van der Waals surface area contributed by atoms with E-state index >= 15 is 0 Å². The highest BCUT2D eigenvalue weighted by Crippen LogP contribution is 2.05. The van der Waals surface area contributed by atoms with Crippen molar-refractivity contribution in [3.63, 3.8) is 0 Å². The largest absolute Gasteiger partial charge is 0.477 e. The predicted molar refractivity (Wildman–Crippen MR) is 78.8 cm³/mol. The fourth-order valence-corrected chi connectivity index (χ4v) is 1.58. The topological polar surface area (TPSA) is 66.0 Å². The summed E-state index contributed by atoms with van der Waals surface area (Å²) in [5.41, 5.74) is 0.814. The van der Waals surface area contributed by atoms with Crippen LogP contribution in [0.1, 0.15) is 25.3 Å². The molecular formula is C16H18N2O2. The summed E-state index contributed by atoms with van der Waals surface area (Å²) in [6, 6.07) is 3.64. The van der Waals surface area contributed by atoms with Gasteiger partial charge in [0.1, 0.15) is 11.6 Å². The third kappa shape index (κ3) is 5.40. The van der Waals surface area contributed by atoms with Crippen LogP contribution in [-0.2, 0) is 11.3 Å². The lowest BCUT2D eigenvalue weighted by Crippen LogP contribution is -1.96. The number of hydrogen-bond donors (Lipinski definition) is 1. The van der Waals surface area contributed by atoms with Crippen LogP contribution in [0.4, 0.5) is 0 Å². The Bertz CT molecular complexity index is 572. The third-order valence-electron chi connectivity index (χ3n) is 2.67. The molecule has 1 rings (SSSR count). The zero-order valence-electron chi connectivity index (χ0n) is 11.5. The molecule has 0 bridgehead atoms. The van der Waals surface area contributed by atoms with Crippen LogP contribution in [0.15, 0.2) is 48.3 Å². The Hall–Kier alpha value is -2.54. The highest BCUT2D eigenvalue weighted by atomic mass is 16.4. The first-order chi connectivity index (χ1) is 9.67. The molecule has 1 aromatic rings. The van der Waals surface area contributed by atoms with E-state index in [0.29, 0.717) is 0 Å². The van der Waals surface area contributed by atoms with Crippen molar-refractivity contribution >= 4 is 12.0 Å². The van der Waals surface area contributed by atoms with Gasteiger partial charge in [0, 0.05) is 18.9 Å². The van der Waals surface area contributed by atoms with E-state index in [2.05, 4.69) is 17.7 Å². The number of hydrogen-bond acceptors (Lipinski definition) is 2. The molecule has 104 valence electrons. The molecule has 0 aliphatic heterocycles. The van der Waals surface area contributed by atoms with Crippen LogP contribution in [0.25, 0.3) is 6.08 Å². The summed E-state index contributed by atoms with van der Waals surface area (Å²) >= 11 is 0. The first-order valence-electron chi connectivity index (χ1n) is 6.51. The second kappa shape index (κ2) is 8.54. The molecule has 20 heavy (non-hydrogen) atoms. The van der Waals surface area contributed by atoms with E-state index < -0.39 is 5.97 Å². The minimum atomic E-state index is -1.21. The van der Waals surface area contributed by atoms with E-state index in [-0.39, 0.29) is 5.57 Å². The normalized spacial score (nSPS) is 12.1. The van der Waals surface area contributed by atoms with E-state index in [1.165, 1.54) is 18.6 Å². The Kier molecular flexibility index (Phi) is 6.63. The number of carboxylic acids is 1. The predicted octanol–water partition coefficient (Wildman–Crippen LogP) is 3.39. The van der Waals surface area contributed by atoms with Gasteiger partial charge in [-0.25, -0.2) is 4.79 Å². The van der Waals surface area contributed by atoms with Crippen LogP contribution in [0, 0.1) is 11.3 Å². The second-order valence-electron chi connectivity index (χ2n) is 4.28. The summed E-state index contributed by atoms with van der Waals surface area (Å²) in [5.74, 6) is -1.21. The molecular weight excluding hydrogens is 252 g/mol. The lowest BCUT2D eigenvalue weighted by atomic mass is 10.2. The number of allylic oxidation sites excluding steroid dienone is 4. The van der Waals surface area contributed by atoms with Crippen LogP contribution in [0.3, 0.4) is 0 Å². The van der Waals surface area contributed by atoms with Crippen molar-refractivity contribution in [2.24, 2.45) is 0 Å². The average molecular weight is 270 g/mol. The molecule has 0 spiro atoms. The van der Waals surface area contributed by atoms with Gasteiger partial charge < -0.3 is 9.67 Å². The second-order valence-corrected chi connectivity index (χ2v) is 4.28. The molecule has 0 amide bonds. The van der Waals surface area contributed by atoms with Gasteiger partial charge in [-0.05, 0) is 24.1 Å². The van der Waals surface area contributed by atoms with Crippen molar-refractivity contribution in [1.29, 1.82) is 5.26 Å². The highest BCUT2D eigenvalue weighted by Gasteiger charge is 2.01. The molecule has 0 saturated carbocycles. The van der Waals surface area contributed by atoms with Gasteiger partial charge in [0.05, 0.1) is 0 Å². The van der Waals surface area contributed by atoms with Gasteiger partial charge in [-0.3, -0.25) is 0 Å². The van der Waals surface area contributed by atoms with Crippen molar-refractivity contribution in [2.75, 3.05) is 0 Å². The van der Waals surface area contributed by atoms with Crippen LogP contribution < -0.4 is 0 Å². The van der Waals surface area contributed by atoms with E-state index in [1.807, 2.05) is 24.4 Å². The fourth-order valence-electron chi connectivity index (χ4n) is 1.58. The van der Waals surface area contributed by atoms with Gasteiger partial charge in [-0.1, -0.05) is 37.6 Å². The maximum atomic E-state index is 10.6. The zero-order chi connectivity index (χ0) is 14.8. The summed E-state index contributed by atoms with van der Waals surface area (Å²) in [6.07, 6.45) is 14.7. The van der Waals surface area contributed by atoms with Gasteiger partial charge in [0.15, 0.2) is 0 Å². The lowest BCUT2D eigenvalue weighted by Gasteiger charge is -1.98. The number of aromatic nitrogens is 1. The summed E-state index contributed by atoms with van der Waals surface area (Å²) < 4.78 is 2.14. The van der Waals surface area contributed by atoms with Gasteiger partial charge in [0.2, 0.25) is 0 Å². The van der Waals surface area contributed by atoms with Crippen molar-refractivity contribution in [3.05, 3.63) is 53.9 Å². The molecule has 1 N–H and O–H groups in total. The summed E-state index contributed by atoms with van der Waals surface area (Å²) in [4.78, 5) is 10.6. The standard InChI is InChI=1S/C16H18N2O2/c1-2-3-10-18-11-9-14(13-18)7-5-4-6-8-15(12-17)16(19)20/h4-9,11,13H,2-3,10H2,1H3,(H,19,20). The molecule has 0 fully saturated rings. The zero-order valence-corrected chi connectivity index (χ0v) is 11.5. The molecule has 0 aromatic carbocycles. The minimum absolute atomic E-state index is 0.277. The highest BCUT2D eigenvalue weighted by molar-refractivity contribution is 5.91. The molecule has 0 aliphatic carbocycles. The Morgan fingerprint density at radius 2 is 2.25 bits per heavy atom. The molecule has 4 heteroatoms. The van der Waals surface area contributed by atoms with Gasteiger partial charge in [0.25, 0.3) is 0 Å². The average Bonchev–Trinajstić information content (AvgIpc) is 2.88. The molecule has 0 atom stereocenters. The SMILES string of the molecule is CCCCn1ccc(C=CC=CC=C(C#N)C(=O)O)c1. The number of nitrogens with zero attached hydrogens (tertiary/aromatic N) is 2. The smallest absolute Gasteiger partial charge is 0.346 e. The minimum Gasteiger partial charge on any atom is -0.477 e. The molecule has 4 nitrogen and oxygen atoms in total. The van der Waals surface area contributed by atoms with Crippen molar-refractivity contribution < 1.29 is 9.90 Å². The first-order valence-corrected chi connectivity index (χ1v) is 6.51. The number of aryl methyl sites for hydroxylation is 1.